The van der Waals surface area contributed by atoms with Crippen LogP contribution in [0.2, 0.25) is 125 Å². The predicted molar refractivity (Wildman–Crippen MR) is 348 cm³/mol. The Morgan fingerprint density at radius 1 is 0.160 bits per heavy atom. The first-order valence-electron chi connectivity index (χ1n) is 32.0. The van der Waals surface area contributed by atoms with Gasteiger partial charge in [-0.05, 0) is 25.7 Å². The maximum absolute atomic E-state index is 6.05. The van der Waals surface area contributed by atoms with Crippen molar-refractivity contribution < 1.29 is 75.8 Å². The zero-order chi connectivity index (χ0) is 59.8. The van der Waals surface area contributed by atoms with Gasteiger partial charge in [-0.1, -0.05) is 151 Å². The maximum atomic E-state index is 6.05. The highest BCUT2D eigenvalue weighted by molar-refractivity contribution is 6.82. The topological polar surface area (TPSA) is 148 Å². The smallest absolute Gasteiger partial charge is 0.0701 e. The van der Waals surface area contributed by atoms with Gasteiger partial charge in [0.15, 0.2) is 0 Å². The molecule has 0 fully saturated rings. The number of ether oxygens (including phenoxy) is 16. The molecule has 0 rings (SSSR count). The third-order valence-electron chi connectivity index (χ3n) is 15.5. The van der Waals surface area contributed by atoms with Crippen molar-refractivity contribution in [2.75, 3.05) is 213 Å². The Kier molecular flexibility index (Phi) is 57.2. The molecule has 0 saturated carbocycles. The highest BCUT2D eigenvalue weighted by Gasteiger charge is 2.35. The lowest BCUT2D eigenvalue weighted by molar-refractivity contribution is 0.00375. The van der Waals surface area contributed by atoms with Crippen LogP contribution in [0.15, 0.2) is 0 Å². The number of methoxy groups -OCH3 is 4. The van der Waals surface area contributed by atoms with Crippen molar-refractivity contribution in [1.82, 2.24) is 0 Å². The SMILES string of the molecule is COCCOCCOCCOCCC[Si](C)(C)CCC[Si](CCC[Si](C)(C)CCCOCCOCCOCCOC)(CCC[Si](C)(C)CCCOCCOCCOCCOC)CCC[Si](C)(C)CCCOCCOCCOCCOC. The van der Waals surface area contributed by atoms with Crippen LogP contribution in [0.25, 0.3) is 0 Å². The van der Waals surface area contributed by atoms with Crippen LogP contribution in [-0.4, -0.2) is 254 Å². The van der Waals surface area contributed by atoms with Gasteiger partial charge in [-0.25, -0.2) is 0 Å². The summed E-state index contributed by atoms with van der Waals surface area (Å²) in [5, 5.41) is 0. The standard InChI is InChI=1S/C60H132O16Si5/c1-61-25-29-69-41-45-73-37-33-65-21-13-49-77(5,6)53-17-57-81(58-18-54-78(7,8)50-14-22-66-34-38-74-46-42-70-30-26-62-2,59-19-55-79(9,10)51-15-23-67-35-39-75-47-43-71-31-27-63-3)60-20-56-80(11,12)52-16-24-68-36-40-76-48-44-72-32-28-64-4/h13-60H2,1-12H3. The highest BCUT2D eigenvalue weighted by Crippen LogP contribution is 2.39. The zero-order valence-electron chi connectivity index (χ0n) is 55.0. The molecule has 16 nitrogen and oxygen atoms in total. The molecule has 21 heteroatoms. The summed E-state index contributed by atoms with van der Waals surface area (Å²) in [6, 6.07) is 17.1. The summed E-state index contributed by atoms with van der Waals surface area (Å²) in [7, 11) is -0.367. The molecule has 0 amide bonds. The van der Waals surface area contributed by atoms with Gasteiger partial charge in [0.05, 0.1) is 167 Å². The Bertz CT molecular complexity index is 1110. The Morgan fingerprint density at radius 3 is 0.457 bits per heavy atom. The summed E-state index contributed by atoms with van der Waals surface area (Å²) in [5.74, 6) is 0. The van der Waals surface area contributed by atoms with E-state index in [0.717, 1.165) is 52.1 Å². The van der Waals surface area contributed by atoms with Crippen molar-refractivity contribution in [3.05, 3.63) is 0 Å². The van der Waals surface area contributed by atoms with E-state index in [0.29, 0.717) is 159 Å². The van der Waals surface area contributed by atoms with Gasteiger partial charge < -0.3 is 75.8 Å². The Balaban J connectivity index is 5.78. The molecule has 0 aliphatic carbocycles. The Hall–Kier alpha value is 0.444. The molecule has 0 radical (unpaired) electrons. The van der Waals surface area contributed by atoms with Gasteiger partial charge in [-0.15, -0.1) is 0 Å². The lowest BCUT2D eigenvalue weighted by Crippen LogP contribution is -2.37. The van der Waals surface area contributed by atoms with E-state index in [1.54, 1.807) is 28.4 Å². The van der Waals surface area contributed by atoms with E-state index >= 15 is 0 Å². The van der Waals surface area contributed by atoms with Crippen molar-refractivity contribution in [3.8, 4) is 0 Å². The molecule has 81 heavy (non-hydrogen) atoms. The molecule has 0 N–H and O–H groups in total. The van der Waals surface area contributed by atoms with E-state index in [4.69, 9.17) is 75.8 Å². The van der Waals surface area contributed by atoms with E-state index in [1.807, 2.05) is 0 Å². The van der Waals surface area contributed by atoms with E-state index < -0.39 is 40.4 Å². The lowest BCUT2D eigenvalue weighted by atomic mass is 10.5. The zero-order valence-corrected chi connectivity index (χ0v) is 60.0. The molecular formula is C60H132O16Si5. The van der Waals surface area contributed by atoms with Crippen LogP contribution in [0.1, 0.15) is 51.4 Å². The molecule has 0 aromatic heterocycles. The molecule has 0 unspecified atom stereocenters. The van der Waals surface area contributed by atoms with Gasteiger partial charge in [0.2, 0.25) is 0 Å². The molecule has 0 aromatic rings. The molecule has 0 heterocycles. The quantitative estimate of drug-likeness (QED) is 0.0420. The van der Waals surface area contributed by atoms with E-state index in [-0.39, 0.29) is 0 Å². The normalized spacial score (nSPS) is 12.9. The molecule has 0 aliphatic rings. The molecule has 0 saturated heterocycles. The van der Waals surface area contributed by atoms with Gasteiger partial charge in [0.1, 0.15) is 0 Å². The Labute approximate surface area is 503 Å². The number of hydrogen-bond donors (Lipinski definition) is 0. The first-order valence-corrected chi connectivity index (χ1v) is 48.4. The van der Waals surface area contributed by atoms with Gasteiger partial charge in [0.25, 0.3) is 0 Å². The van der Waals surface area contributed by atoms with E-state index in [9.17, 15) is 0 Å². The summed E-state index contributed by atoms with van der Waals surface area (Å²) >= 11 is 0. The van der Waals surface area contributed by atoms with Crippen molar-refractivity contribution in [2.24, 2.45) is 0 Å². The fourth-order valence-electron chi connectivity index (χ4n) is 10.4. The molecular weight excluding hydrogens is 1120 g/mol. The van der Waals surface area contributed by atoms with Gasteiger partial charge in [-0.2, -0.15) is 0 Å². The van der Waals surface area contributed by atoms with Crippen molar-refractivity contribution in [3.63, 3.8) is 0 Å². The molecule has 0 aromatic carbocycles. The van der Waals surface area contributed by atoms with Crippen molar-refractivity contribution >= 4 is 40.4 Å². The van der Waals surface area contributed by atoms with E-state index in [1.165, 1.54) is 98.2 Å². The fraction of sp³-hybridized carbons (Fsp3) is 1.00. The van der Waals surface area contributed by atoms with E-state index in [2.05, 4.69) is 52.4 Å². The van der Waals surface area contributed by atoms with Crippen molar-refractivity contribution in [1.29, 1.82) is 0 Å². The van der Waals surface area contributed by atoms with Crippen LogP contribution >= 0.6 is 0 Å². The summed E-state index contributed by atoms with van der Waals surface area (Å²) in [5.41, 5.74) is 0. The van der Waals surface area contributed by atoms with Crippen LogP contribution in [0, 0.1) is 0 Å². The van der Waals surface area contributed by atoms with Crippen LogP contribution in [0.4, 0.5) is 0 Å². The molecule has 0 bridgehead atoms. The second kappa shape index (κ2) is 56.9. The average Bonchev–Trinajstić information content (AvgIpc) is 3.42. The second-order valence-electron chi connectivity index (χ2n) is 25.3. The van der Waals surface area contributed by atoms with Gasteiger partial charge in [0, 0.05) is 87.2 Å². The summed E-state index contributed by atoms with van der Waals surface area (Å²) in [4.78, 5) is 0. The van der Waals surface area contributed by atoms with Crippen LogP contribution in [0.5, 0.6) is 0 Å². The lowest BCUT2D eigenvalue weighted by Gasteiger charge is -2.36. The number of rotatable bonds is 68. The minimum absolute atomic E-state index is 0.594. The first-order chi connectivity index (χ1) is 39.1. The largest absolute Gasteiger partial charge is 0.382 e. The summed E-state index contributed by atoms with van der Waals surface area (Å²) in [6.45, 7) is 39.2. The molecule has 0 spiro atoms. The third kappa shape index (κ3) is 57.9. The average molecular weight is 1250 g/mol. The van der Waals surface area contributed by atoms with Crippen LogP contribution < -0.4 is 0 Å². The third-order valence-corrected chi connectivity index (χ3v) is 34.8. The second-order valence-corrected chi connectivity index (χ2v) is 51.6. The summed E-state index contributed by atoms with van der Waals surface area (Å²) < 4.78 is 89.3. The minimum atomic E-state index is -1.60. The Morgan fingerprint density at radius 2 is 0.296 bits per heavy atom. The number of hydrogen-bond acceptors (Lipinski definition) is 16. The van der Waals surface area contributed by atoms with Crippen molar-refractivity contribution in [2.45, 2.75) is 176 Å². The van der Waals surface area contributed by atoms with Gasteiger partial charge >= 0.3 is 0 Å². The molecule has 0 aliphatic heterocycles. The van der Waals surface area contributed by atoms with Gasteiger partial charge in [-0.3, -0.25) is 0 Å². The minimum Gasteiger partial charge on any atom is -0.382 e. The summed E-state index contributed by atoms with van der Waals surface area (Å²) in [6.07, 6.45) is 10.3. The first kappa shape index (κ1) is 81.4. The van der Waals surface area contributed by atoms with Crippen LogP contribution in [0.3, 0.4) is 0 Å². The predicted octanol–water partition coefficient (Wildman–Crippen LogP) is 12.2. The van der Waals surface area contributed by atoms with Crippen LogP contribution in [-0.2, 0) is 75.8 Å². The highest BCUT2D eigenvalue weighted by atomic mass is 28.3. The molecule has 488 valence electrons. The fourth-order valence-corrected chi connectivity index (χ4v) is 26.9. The maximum Gasteiger partial charge on any atom is 0.0701 e. The molecule has 0 atom stereocenters. The monoisotopic (exact) mass is 1250 g/mol.